The molecule has 0 saturated heterocycles. The van der Waals surface area contributed by atoms with Crippen molar-refractivity contribution in [2.45, 2.75) is 20.3 Å². The van der Waals surface area contributed by atoms with Gasteiger partial charge in [0.05, 0.1) is 17.7 Å². The van der Waals surface area contributed by atoms with Crippen molar-refractivity contribution in [2.75, 3.05) is 11.9 Å². The highest BCUT2D eigenvalue weighted by atomic mass is 16.4. The lowest BCUT2D eigenvalue weighted by molar-refractivity contribution is -0.137. The van der Waals surface area contributed by atoms with E-state index < -0.39 is 12.5 Å². The molecule has 0 unspecified atom stereocenters. The number of aromatic nitrogens is 2. The fourth-order valence-electron chi connectivity index (χ4n) is 2.42. The molecule has 132 valence electrons. The Bertz CT molecular complexity index is 809. The van der Waals surface area contributed by atoms with Gasteiger partial charge in [0.1, 0.15) is 6.54 Å². The second-order valence-corrected chi connectivity index (χ2v) is 5.67. The van der Waals surface area contributed by atoms with E-state index in [2.05, 4.69) is 15.7 Å². The molecule has 2 amide bonds. The average molecular weight is 344 g/mol. The maximum Gasteiger partial charge on any atom is 0.322 e. The molecule has 1 aromatic carbocycles. The number of hydrogen-bond donors (Lipinski definition) is 3. The van der Waals surface area contributed by atoms with E-state index in [9.17, 15) is 14.4 Å². The number of nitrogens with one attached hydrogen (secondary N) is 2. The van der Waals surface area contributed by atoms with Crippen molar-refractivity contribution in [3.05, 3.63) is 46.8 Å². The van der Waals surface area contributed by atoms with E-state index in [1.807, 2.05) is 6.92 Å². The molecule has 3 N–H and O–H groups in total. The van der Waals surface area contributed by atoms with E-state index >= 15 is 0 Å². The molecule has 0 fully saturated rings. The molecular formula is C17H20N4O4. The average Bonchev–Trinajstić information content (AvgIpc) is 2.80. The Balaban J connectivity index is 1.99. The topological polar surface area (TPSA) is 113 Å². The molecule has 8 heteroatoms. The molecule has 8 nitrogen and oxygen atoms in total. The summed E-state index contributed by atoms with van der Waals surface area (Å²) in [7, 11) is 1.78. The van der Waals surface area contributed by atoms with Gasteiger partial charge in [-0.1, -0.05) is 12.1 Å². The molecule has 0 radical (unpaired) electrons. The number of aliphatic carboxylic acids is 1. The number of carboxylic acid groups (broad SMARTS) is 1. The maximum atomic E-state index is 12.4. The third-order valence-electron chi connectivity index (χ3n) is 3.75. The van der Waals surface area contributed by atoms with E-state index in [1.54, 1.807) is 42.9 Å². The van der Waals surface area contributed by atoms with Crippen LogP contribution in [-0.2, 0) is 23.1 Å². The monoisotopic (exact) mass is 344 g/mol. The quantitative estimate of drug-likeness (QED) is 0.724. The minimum atomic E-state index is -1.09. The van der Waals surface area contributed by atoms with Gasteiger partial charge in [-0.05, 0) is 31.5 Å². The van der Waals surface area contributed by atoms with Crippen LogP contribution < -0.4 is 10.6 Å². The summed E-state index contributed by atoms with van der Waals surface area (Å²) >= 11 is 0. The summed E-state index contributed by atoms with van der Waals surface area (Å²) in [6, 6.07) is 6.80. The van der Waals surface area contributed by atoms with Gasteiger partial charge >= 0.3 is 5.97 Å². The Hall–Kier alpha value is -3.16. The molecule has 0 aliphatic carbocycles. The molecule has 0 atom stereocenters. The Kier molecular flexibility index (Phi) is 5.53. The summed E-state index contributed by atoms with van der Waals surface area (Å²) in [4.78, 5) is 34.4. The van der Waals surface area contributed by atoms with Crippen LogP contribution in [0.3, 0.4) is 0 Å². The van der Waals surface area contributed by atoms with Gasteiger partial charge in [-0.3, -0.25) is 19.1 Å². The third-order valence-corrected chi connectivity index (χ3v) is 3.75. The minimum absolute atomic E-state index is 0.0718. The SMILES string of the molecule is Cc1nn(C)c(C)c1C(=O)Nc1ccc(CC(=O)NCC(=O)O)cc1. The number of rotatable bonds is 6. The predicted octanol–water partition coefficient (Wildman–Crippen LogP) is 1.03. The van der Waals surface area contributed by atoms with Crippen molar-refractivity contribution in [3.8, 4) is 0 Å². The Morgan fingerprint density at radius 2 is 1.80 bits per heavy atom. The van der Waals surface area contributed by atoms with E-state index in [0.29, 0.717) is 16.9 Å². The first-order chi connectivity index (χ1) is 11.8. The van der Waals surface area contributed by atoms with Crippen LogP contribution in [0.25, 0.3) is 0 Å². The standard InChI is InChI=1S/C17H20N4O4/c1-10-16(11(2)21(3)20-10)17(25)19-13-6-4-12(5-7-13)8-14(22)18-9-15(23)24/h4-7H,8-9H2,1-3H3,(H,18,22)(H,19,25)(H,23,24). The van der Waals surface area contributed by atoms with E-state index in [1.165, 1.54) is 0 Å². The fourth-order valence-corrected chi connectivity index (χ4v) is 2.42. The summed E-state index contributed by atoms with van der Waals surface area (Å²) in [5.74, 6) is -1.71. The van der Waals surface area contributed by atoms with Crippen LogP contribution in [0, 0.1) is 13.8 Å². The van der Waals surface area contributed by atoms with Crippen molar-refractivity contribution in [1.82, 2.24) is 15.1 Å². The summed E-state index contributed by atoms with van der Waals surface area (Å²) in [6.07, 6.45) is 0.0718. The number of amides is 2. The number of carboxylic acids is 1. The molecule has 1 heterocycles. The second-order valence-electron chi connectivity index (χ2n) is 5.67. The largest absolute Gasteiger partial charge is 0.480 e. The first kappa shape index (κ1) is 18.2. The van der Waals surface area contributed by atoms with Gasteiger partial charge in [0, 0.05) is 18.4 Å². The lowest BCUT2D eigenvalue weighted by Crippen LogP contribution is -2.30. The number of aryl methyl sites for hydroxylation is 2. The molecule has 0 aliphatic heterocycles. The van der Waals surface area contributed by atoms with E-state index in [4.69, 9.17) is 5.11 Å². The highest BCUT2D eigenvalue weighted by Crippen LogP contribution is 2.16. The van der Waals surface area contributed by atoms with Crippen LogP contribution in [-0.4, -0.2) is 39.2 Å². The lowest BCUT2D eigenvalue weighted by atomic mass is 10.1. The van der Waals surface area contributed by atoms with Crippen molar-refractivity contribution in [1.29, 1.82) is 0 Å². The molecule has 0 saturated carbocycles. The van der Waals surface area contributed by atoms with Crippen molar-refractivity contribution < 1.29 is 19.5 Å². The first-order valence-corrected chi connectivity index (χ1v) is 7.67. The summed E-state index contributed by atoms with van der Waals surface area (Å²) in [5.41, 5.74) is 3.29. The zero-order valence-corrected chi connectivity index (χ0v) is 14.3. The molecule has 2 rings (SSSR count). The number of nitrogens with zero attached hydrogens (tertiary/aromatic N) is 2. The molecule has 0 aliphatic rings. The number of carbonyl (C=O) groups excluding carboxylic acids is 2. The molecule has 1 aromatic heterocycles. The number of benzene rings is 1. The number of hydrogen-bond acceptors (Lipinski definition) is 4. The van der Waals surface area contributed by atoms with Gasteiger partial charge in [-0.25, -0.2) is 0 Å². The lowest BCUT2D eigenvalue weighted by Gasteiger charge is -2.07. The first-order valence-electron chi connectivity index (χ1n) is 7.67. The number of anilines is 1. The van der Waals surface area contributed by atoms with Gasteiger partial charge in [0.2, 0.25) is 5.91 Å². The zero-order chi connectivity index (χ0) is 18.6. The van der Waals surface area contributed by atoms with Gasteiger partial charge in [0.25, 0.3) is 5.91 Å². The summed E-state index contributed by atoms with van der Waals surface area (Å²) in [5, 5.41) is 17.8. The highest BCUT2D eigenvalue weighted by Gasteiger charge is 2.17. The van der Waals surface area contributed by atoms with E-state index in [0.717, 1.165) is 11.3 Å². The third kappa shape index (κ3) is 4.66. The predicted molar refractivity (Wildman–Crippen MR) is 91.4 cm³/mol. The van der Waals surface area contributed by atoms with Gasteiger partial charge in [0.15, 0.2) is 0 Å². The summed E-state index contributed by atoms with van der Waals surface area (Å²) in [6.45, 7) is 3.20. The molecule has 0 bridgehead atoms. The Morgan fingerprint density at radius 1 is 1.16 bits per heavy atom. The van der Waals surface area contributed by atoms with Crippen LogP contribution in [0.1, 0.15) is 27.3 Å². The van der Waals surface area contributed by atoms with Crippen molar-refractivity contribution in [2.24, 2.45) is 7.05 Å². The molecule has 2 aromatic rings. The molecular weight excluding hydrogens is 324 g/mol. The van der Waals surface area contributed by atoms with Crippen LogP contribution in [0.5, 0.6) is 0 Å². The van der Waals surface area contributed by atoms with Crippen molar-refractivity contribution in [3.63, 3.8) is 0 Å². The number of carbonyl (C=O) groups is 3. The van der Waals surface area contributed by atoms with E-state index in [-0.39, 0.29) is 18.2 Å². The second kappa shape index (κ2) is 7.61. The van der Waals surface area contributed by atoms with Crippen LogP contribution in [0.2, 0.25) is 0 Å². The normalized spacial score (nSPS) is 10.4. The Morgan fingerprint density at radius 3 is 2.32 bits per heavy atom. The Labute approximate surface area is 144 Å². The van der Waals surface area contributed by atoms with Crippen LogP contribution in [0.4, 0.5) is 5.69 Å². The van der Waals surface area contributed by atoms with Gasteiger partial charge in [-0.2, -0.15) is 5.10 Å². The highest BCUT2D eigenvalue weighted by molar-refractivity contribution is 6.05. The smallest absolute Gasteiger partial charge is 0.322 e. The fraction of sp³-hybridized carbons (Fsp3) is 0.294. The molecule has 0 spiro atoms. The van der Waals surface area contributed by atoms with Gasteiger partial charge < -0.3 is 15.7 Å². The van der Waals surface area contributed by atoms with Crippen LogP contribution >= 0.6 is 0 Å². The zero-order valence-electron chi connectivity index (χ0n) is 14.3. The maximum absolute atomic E-state index is 12.4. The summed E-state index contributed by atoms with van der Waals surface area (Å²) < 4.78 is 1.66. The van der Waals surface area contributed by atoms with Gasteiger partial charge in [-0.15, -0.1) is 0 Å². The van der Waals surface area contributed by atoms with Crippen LogP contribution in [0.15, 0.2) is 24.3 Å². The minimum Gasteiger partial charge on any atom is -0.480 e. The van der Waals surface area contributed by atoms with Crippen molar-refractivity contribution >= 4 is 23.5 Å². The molecule has 25 heavy (non-hydrogen) atoms.